The SMILES string of the molecule is CCCCCCCOC(c1ccc(F)cc1)C(N)CC. The fourth-order valence-electron chi connectivity index (χ4n) is 2.25. The Balaban J connectivity index is 2.46. The zero-order valence-electron chi connectivity index (χ0n) is 12.8. The second kappa shape index (κ2) is 9.89. The van der Waals surface area contributed by atoms with Crippen LogP contribution in [0.5, 0.6) is 0 Å². The molecular weight excluding hydrogens is 253 g/mol. The van der Waals surface area contributed by atoms with Gasteiger partial charge in [-0.2, -0.15) is 0 Å². The van der Waals surface area contributed by atoms with Gasteiger partial charge < -0.3 is 10.5 Å². The lowest BCUT2D eigenvalue weighted by molar-refractivity contribution is 0.0310. The van der Waals surface area contributed by atoms with E-state index in [0.29, 0.717) is 0 Å². The third-order valence-corrected chi connectivity index (χ3v) is 3.60. The molecule has 1 aromatic rings. The first-order valence-corrected chi connectivity index (χ1v) is 7.81. The lowest BCUT2D eigenvalue weighted by Gasteiger charge is -2.24. The Bertz CT molecular complexity index is 353. The molecule has 0 saturated carbocycles. The molecule has 0 aliphatic heterocycles. The van der Waals surface area contributed by atoms with Gasteiger partial charge in [0.25, 0.3) is 0 Å². The topological polar surface area (TPSA) is 35.2 Å². The largest absolute Gasteiger partial charge is 0.372 e. The molecule has 0 saturated heterocycles. The highest BCUT2D eigenvalue weighted by Crippen LogP contribution is 2.23. The smallest absolute Gasteiger partial charge is 0.123 e. The number of hydrogen-bond donors (Lipinski definition) is 1. The van der Waals surface area contributed by atoms with Gasteiger partial charge in [0.05, 0.1) is 6.10 Å². The highest BCUT2D eigenvalue weighted by Gasteiger charge is 2.19. The van der Waals surface area contributed by atoms with Crippen LogP contribution in [0.25, 0.3) is 0 Å². The van der Waals surface area contributed by atoms with Gasteiger partial charge in [-0.1, -0.05) is 51.7 Å². The molecule has 1 aromatic carbocycles. The summed E-state index contributed by atoms with van der Waals surface area (Å²) in [5, 5.41) is 0. The molecule has 0 aromatic heterocycles. The van der Waals surface area contributed by atoms with Crippen LogP contribution in [0.4, 0.5) is 4.39 Å². The highest BCUT2D eigenvalue weighted by molar-refractivity contribution is 5.20. The molecule has 0 bridgehead atoms. The summed E-state index contributed by atoms with van der Waals surface area (Å²) in [6.45, 7) is 4.98. The number of unbranched alkanes of at least 4 members (excludes halogenated alkanes) is 4. The molecule has 0 amide bonds. The van der Waals surface area contributed by atoms with Crippen molar-refractivity contribution in [3.63, 3.8) is 0 Å². The molecule has 1 rings (SSSR count). The zero-order chi connectivity index (χ0) is 14.8. The van der Waals surface area contributed by atoms with Gasteiger partial charge in [-0.25, -0.2) is 4.39 Å². The van der Waals surface area contributed by atoms with Gasteiger partial charge in [0.1, 0.15) is 5.82 Å². The van der Waals surface area contributed by atoms with E-state index in [1.807, 2.05) is 6.92 Å². The van der Waals surface area contributed by atoms with Gasteiger partial charge in [-0.05, 0) is 30.5 Å². The fourth-order valence-corrected chi connectivity index (χ4v) is 2.25. The number of rotatable bonds is 10. The average Bonchev–Trinajstić information content (AvgIpc) is 2.47. The first-order valence-electron chi connectivity index (χ1n) is 7.81. The normalized spacial score (nSPS) is 14.2. The predicted octanol–water partition coefficient (Wildman–Crippen LogP) is 4.59. The van der Waals surface area contributed by atoms with Crippen LogP contribution in [0, 0.1) is 5.82 Å². The van der Waals surface area contributed by atoms with Gasteiger partial charge in [0.15, 0.2) is 0 Å². The summed E-state index contributed by atoms with van der Waals surface area (Å²) in [5.74, 6) is -0.225. The molecular formula is C17H28FNO. The molecule has 0 aliphatic rings. The van der Waals surface area contributed by atoms with E-state index in [0.717, 1.165) is 25.0 Å². The Hall–Kier alpha value is -0.930. The van der Waals surface area contributed by atoms with Gasteiger partial charge in [-0.3, -0.25) is 0 Å². The maximum atomic E-state index is 13.0. The summed E-state index contributed by atoms with van der Waals surface area (Å²) in [4.78, 5) is 0. The summed E-state index contributed by atoms with van der Waals surface area (Å²) >= 11 is 0. The van der Waals surface area contributed by atoms with Crippen molar-refractivity contribution in [3.8, 4) is 0 Å². The van der Waals surface area contributed by atoms with E-state index < -0.39 is 0 Å². The minimum atomic E-state index is -0.225. The predicted molar refractivity (Wildman–Crippen MR) is 82.1 cm³/mol. The van der Waals surface area contributed by atoms with Crippen LogP contribution in [0.2, 0.25) is 0 Å². The lowest BCUT2D eigenvalue weighted by Crippen LogP contribution is -2.29. The molecule has 2 N–H and O–H groups in total. The molecule has 2 atom stereocenters. The molecule has 0 fully saturated rings. The van der Waals surface area contributed by atoms with Gasteiger partial charge in [-0.15, -0.1) is 0 Å². The Morgan fingerprint density at radius 3 is 2.30 bits per heavy atom. The third-order valence-electron chi connectivity index (χ3n) is 3.60. The first kappa shape index (κ1) is 17.1. The molecule has 3 heteroatoms. The van der Waals surface area contributed by atoms with Crippen molar-refractivity contribution in [2.75, 3.05) is 6.61 Å². The number of ether oxygens (including phenoxy) is 1. The Kier molecular flexibility index (Phi) is 8.47. The minimum absolute atomic E-state index is 0.0453. The number of halogens is 1. The van der Waals surface area contributed by atoms with Gasteiger partial charge in [0.2, 0.25) is 0 Å². The summed E-state index contributed by atoms with van der Waals surface area (Å²) in [6, 6.07) is 6.43. The van der Waals surface area contributed by atoms with Crippen molar-refractivity contribution >= 4 is 0 Å². The van der Waals surface area contributed by atoms with Crippen LogP contribution >= 0.6 is 0 Å². The van der Waals surface area contributed by atoms with Crippen LogP contribution in [0.1, 0.15) is 64.0 Å². The lowest BCUT2D eigenvalue weighted by atomic mass is 10.0. The van der Waals surface area contributed by atoms with E-state index in [-0.39, 0.29) is 18.0 Å². The Morgan fingerprint density at radius 1 is 1.05 bits per heavy atom. The molecule has 0 aliphatic carbocycles. The van der Waals surface area contributed by atoms with E-state index >= 15 is 0 Å². The van der Waals surface area contributed by atoms with Gasteiger partial charge in [0, 0.05) is 12.6 Å². The van der Waals surface area contributed by atoms with Crippen molar-refractivity contribution < 1.29 is 9.13 Å². The van der Waals surface area contributed by atoms with E-state index in [4.69, 9.17) is 10.5 Å². The van der Waals surface area contributed by atoms with E-state index in [1.54, 1.807) is 12.1 Å². The van der Waals surface area contributed by atoms with Gasteiger partial charge >= 0.3 is 0 Å². The number of benzene rings is 1. The first-order chi connectivity index (χ1) is 9.69. The summed E-state index contributed by atoms with van der Waals surface area (Å²) < 4.78 is 18.9. The maximum absolute atomic E-state index is 13.0. The average molecular weight is 281 g/mol. The molecule has 20 heavy (non-hydrogen) atoms. The van der Waals surface area contributed by atoms with Crippen molar-refractivity contribution in [2.45, 2.75) is 64.5 Å². The standard InChI is InChI=1S/C17H28FNO/c1-3-5-6-7-8-13-20-17(16(19)4-2)14-9-11-15(18)12-10-14/h9-12,16-17H,3-8,13,19H2,1-2H3. The summed E-state index contributed by atoms with van der Waals surface area (Å²) in [5.41, 5.74) is 7.10. The quantitative estimate of drug-likeness (QED) is 0.637. The van der Waals surface area contributed by atoms with E-state index in [9.17, 15) is 4.39 Å². The second-order valence-electron chi connectivity index (χ2n) is 5.33. The van der Waals surface area contributed by atoms with Crippen molar-refractivity contribution in [3.05, 3.63) is 35.6 Å². The number of nitrogens with two attached hydrogens (primary N) is 1. The number of hydrogen-bond acceptors (Lipinski definition) is 2. The minimum Gasteiger partial charge on any atom is -0.372 e. The maximum Gasteiger partial charge on any atom is 0.123 e. The van der Waals surface area contributed by atoms with Crippen LogP contribution in [0.15, 0.2) is 24.3 Å². The Labute approximate surface area is 122 Å². The summed E-state index contributed by atoms with van der Waals surface area (Å²) in [6.07, 6.45) is 6.78. The zero-order valence-corrected chi connectivity index (χ0v) is 12.8. The van der Waals surface area contributed by atoms with Crippen molar-refractivity contribution in [1.29, 1.82) is 0 Å². The molecule has 2 unspecified atom stereocenters. The summed E-state index contributed by atoms with van der Waals surface area (Å²) in [7, 11) is 0. The second-order valence-corrected chi connectivity index (χ2v) is 5.33. The molecule has 0 heterocycles. The van der Waals surface area contributed by atoms with Crippen LogP contribution in [-0.4, -0.2) is 12.6 Å². The van der Waals surface area contributed by atoms with Crippen LogP contribution in [0.3, 0.4) is 0 Å². The molecule has 2 nitrogen and oxygen atoms in total. The van der Waals surface area contributed by atoms with Crippen molar-refractivity contribution in [1.82, 2.24) is 0 Å². The van der Waals surface area contributed by atoms with Crippen LogP contribution in [-0.2, 0) is 4.74 Å². The monoisotopic (exact) mass is 281 g/mol. The van der Waals surface area contributed by atoms with Crippen molar-refractivity contribution in [2.24, 2.45) is 5.73 Å². The van der Waals surface area contributed by atoms with Crippen LogP contribution < -0.4 is 5.73 Å². The van der Waals surface area contributed by atoms with E-state index in [2.05, 4.69) is 6.92 Å². The van der Waals surface area contributed by atoms with E-state index in [1.165, 1.54) is 37.8 Å². The Morgan fingerprint density at radius 2 is 1.70 bits per heavy atom. The molecule has 0 spiro atoms. The molecule has 0 radical (unpaired) electrons. The fraction of sp³-hybridized carbons (Fsp3) is 0.647. The molecule has 114 valence electrons. The third kappa shape index (κ3) is 6.02. The highest BCUT2D eigenvalue weighted by atomic mass is 19.1.